The van der Waals surface area contributed by atoms with Crippen LogP contribution in [0.3, 0.4) is 0 Å². The Morgan fingerprint density at radius 1 is 1.37 bits per heavy atom. The van der Waals surface area contributed by atoms with Crippen molar-refractivity contribution in [3.8, 4) is 17.2 Å². The van der Waals surface area contributed by atoms with Gasteiger partial charge in [0.05, 0.1) is 5.56 Å². The van der Waals surface area contributed by atoms with Gasteiger partial charge in [-0.3, -0.25) is 0 Å². The van der Waals surface area contributed by atoms with Crippen LogP contribution >= 0.6 is 0 Å². The average Bonchev–Trinajstić information content (AvgIpc) is 3.02. The Labute approximate surface area is 111 Å². The van der Waals surface area contributed by atoms with Crippen LogP contribution in [-0.4, -0.2) is 21.9 Å². The van der Waals surface area contributed by atoms with Gasteiger partial charge in [-0.15, -0.1) is 0 Å². The molecule has 5 nitrogen and oxygen atoms in total. The molecule has 0 saturated carbocycles. The van der Waals surface area contributed by atoms with E-state index in [1.807, 2.05) is 26.0 Å². The molecule has 1 aromatic heterocycles. The minimum Gasteiger partial charge on any atom is -0.507 e. The fraction of sp³-hybridized carbons (Fsp3) is 0.429. The van der Waals surface area contributed by atoms with Gasteiger partial charge in [-0.2, -0.15) is 4.98 Å². The van der Waals surface area contributed by atoms with Gasteiger partial charge >= 0.3 is 0 Å². The highest BCUT2D eigenvalue weighted by Gasteiger charge is 2.36. The predicted molar refractivity (Wildman–Crippen MR) is 68.7 cm³/mol. The number of phenolic OH excluding ortho intramolecular Hbond substituents is 1. The lowest BCUT2D eigenvalue weighted by molar-refractivity contribution is 0.00768. The number of aromatic nitrogens is 2. The van der Waals surface area contributed by atoms with Crippen molar-refractivity contribution < 1.29 is 14.4 Å². The second-order valence-electron chi connectivity index (χ2n) is 5.08. The van der Waals surface area contributed by atoms with Gasteiger partial charge in [0.2, 0.25) is 5.82 Å². The van der Waals surface area contributed by atoms with Crippen LogP contribution in [0, 0.1) is 6.92 Å². The summed E-state index contributed by atoms with van der Waals surface area (Å²) in [4.78, 5) is 4.37. The molecule has 5 heteroatoms. The Balaban J connectivity index is 1.99. The van der Waals surface area contributed by atoms with Gasteiger partial charge in [0.1, 0.15) is 11.4 Å². The molecule has 1 fully saturated rings. The summed E-state index contributed by atoms with van der Waals surface area (Å²) in [5, 5.41) is 14.0. The Morgan fingerprint density at radius 2 is 2.21 bits per heavy atom. The van der Waals surface area contributed by atoms with E-state index in [9.17, 15) is 5.11 Å². The van der Waals surface area contributed by atoms with E-state index >= 15 is 0 Å². The van der Waals surface area contributed by atoms with Crippen molar-refractivity contribution in [2.24, 2.45) is 0 Å². The molecule has 2 aromatic rings. The highest BCUT2D eigenvalue weighted by molar-refractivity contribution is 5.64. The predicted octanol–water partition coefficient (Wildman–Crippen LogP) is 2.78. The van der Waals surface area contributed by atoms with Gasteiger partial charge in [0.25, 0.3) is 5.89 Å². The fourth-order valence-electron chi connectivity index (χ4n) is 2.33. The number of para-hydroxylation sites is 1. The molecule has 1 aromatic carbocycles. The van der Waals surface area contributed by atoms with Crippen LogP contribution in [0.5, 0.6) is 5.75 Å². The maximum atomic E-state index is 10.0. The normalized spacial score (nSPS) is 22.8. The third kappa shape index (κ3) is 2.00. The zero-order valence-electron chi connectivity index (χ0n) is 11.0. The molecule has 3 rings (SSSR count). The molecule has 1 unspecified atom stereocenters. The van der Waals surface area contributed by atoms with Crippen molar-refractivity contribution in [1.82, 2.24) is 10.1 Å². The zero-order valence-corrected chi connectivity index (χ0v) is 11.0. The third-order valence-electron chi connectivity index (χ3n) is 3.59. The van der Waals surface area contributed by atoms with Crippen molar-refractivity contribution >= 4 is 0 Å². The summed E-state index contributed by atoms with van der Waals surface area (Å²) in [6.07, 6.45) is 1.88. The highest BCUT2D eigenvalue weighted by atomic mass is 16.5. The van der Waals surface area contributed by atoms with Crippen molar-refractivity contribution in [2.45, 2.75) is 32.3 Å². The molecular weight excluding hydrogens is 244 g/mol. The summed E-state index contributed by atoms with van der Waals surface area (Å²) in [5.74, 6) is 1.05. The first-order valence-electron chi connectivity index (χ1n) is 6.37. The Bertz CT molecular complexity index is 600. The van der Waals surface area contributed by atoms with Gasteiger partial charge in [0.15, 0.2) is 0 Å². The Kier molecular flexibility index (Phi) is 2.78. The minimum atomic E-state index is -0.471. The van der Waals surface area contributed by atoms with Crippen LogP contribution in [0.25, 0.3) is 11.5 Å². The van der Waals surface area contributed by atoms with Gasteiger partial charge < -0.3 is 14.4 Å². The molecule has 1 N–H and O–H groups in total. The van der Waals surface area contributed by atoms with E-state index in [-0.39, 0.29) is 5.75 Å². The number of hydrogen-bond acceptors (Lipinski definition) is 5. The summed E-state index contributed by atoms with van der Waals surface area (Å²) in [6, 6.07) is 5.44. The molecule has 1 atom stereocenters. The zero-order chi connectivity index (χ0) is 13.5. The van der Waals surface area contributed by atoms with E-state index < -0.39 is 5.60 Å². The lowest BCUT2D eigenvalue weighted by atomic mass is 10.0. The van der Waals surface area contributed by atoms with Crippen molar-refractivity contribution in [3.05, 3.63) is 29.6 Å². The topological polar surface area (TPSA) is 68.4 Å². The van der Waals surface area contributed by atoms with Crippen LogP contribution < -0.4 is 0 Å². The van der Waals surface area contributed by atoms with E-state index in [1.165, 1.54) is 0 Å². The average molecular weight is 260 g/mol. The van der Waals surface area contributed by atoms with Crippen LogP contribution in [0.2, 0.25) is 0 Å². The molecule has 0 radical (unpaired) electrons. The first-order chi connectivity index (χ1) is 9.10. The van der Waals surface area contributed by atoms with E-state index in [0.717, 1.165) is 25.0 Å². The quantitative estimate of drug-likeness (QED) is 0.899. The van der Waals surface area contributed by atoms with Gasteiger partial charge in [0, 0.05) is 6.61 Å². The largest absolute Gasteiger partial charge is 0.507 e. The third-order valence-corrected chi connectivity index (χ3v) is 3.59. The summed E-state index contributed by atoms with van der Waals surface area (Å²) in [5.41, 5.74) is 0.863. The molecule has 100 valence electrons. The molecule has 1 saturated heterocycles. The summed E-state index contributed by atoms with van der Waals surface area (Å²) >= 11 is 0. The Hall–Kier alpha value is -1.88. The SMILES string of the molecule is Cc1cccc(-c2nc(C3(C)CCCO3)no2)c1O. The van der Waals surface area contributed by atoms with Crippen LogP contribution in [0.1, 0.15) is 31.2 Å². The fourth-order valence-corrected chi connectivity index (χ4v) is 2.33. The first kappa shape index (κ1) is 12.2. The number of hydrogen-bond donors (Lipinski definition) is 1. The molecule has 0 spiro atoms. The maximum Gasteiger partial charge on any atom is 0.261 e. The van der Waals surface area contributed by atoms with Crippen LogP contribution in [0.4, 0.5) is 0 Å². The van der Waals surface area contributed by atoms with Crippen molar-refractivity contribution in [2.75, 3.05) is 6.61 Å². The Morgan fingerprint density at radius 3 is 2.95 bits per heavy atom. The second kappa shape index (κ2) is 4.35. The van der Waals surface area contributed by atoms with Gasteiger partial charge in [-0.05, 0) is 38.3 Å². The monoisotopic (exact) mass is 260 g/mol. The molecule has 1 aliphatic heterocycles. The number of ether oxygens (including phenoxy) is 1. The van der Waals surface area contributed by atoms with E-state index in [2.05, 4.69) is 10.1 Å². The van der Waals surface area contributed by atoms with Crippen LogP contribution in [0.15, 0.2) is 22.7 Å². The van der Waals surface area contributed by atoms with Gasteiger partial charge in [-0.25, -0.2) is 0 Å². The van der Waals surface area contributed by atoms with E-state index in [0.29, 0.717) is 17.3 Å². The maximum absolute atomic E-state index is 10.0. The summed E-state index contributed by atoms with van der Waals surface area (Å²) in [6.45, 7) is 4.51. The number of aryl methyl sites for hydroxylation is 1. The molecule has 0 aliphatic carbocycles. The van der Waals surface area contributed by atoms with E-state index in [1.54, 1.807) is 6.07 Å². The number of aromatic hydroxyl groups is 1. The van der Waals surface area contributed by atoms with Crippen LogP contribution in [-0.2, 0) is 10.3 Å². The lowest BCUT2D eigenvalue weighted by Gasteiger charge is -2.17. The van der Waals surface area contributed by atoms with Crippen molar-refractivity contribution in [3.63, 3.8) is 0 Å². The first-order valence-corrected chi connectivity index (χ1v) is 6.37. The van der Waals surface area contributed by atoms with E-state index in [4.69, 9.17) is 9.26 Å². The standard InChI is InChI=1S/C14H16N2O3/c1-9-5-3-6-10(11(9)17)12-15-13(16-19-12)14(2)7-4-8-18-14/h3,5-6,17H,4,7-8H2,1-2H3. The molecule has 0 bridgehead atoms. The lowest BCUT2D eigenvalue weighted by Crippen LogP contribution is -2.21. The number of benzene rings is 1. The van der Waals surface area contributed by atoms with Crippen molar-refractivity contribution in [1.29, 1.82) is 0 Å². The molecule has 1 aliphatic rings. The summed E-state index contributed by atoms with van der Waals surface area (Å²) in [7, 11) is 0. The smallest absolute Gasteiger partial charge is 0.261 e. The second-order valence-corrected chi connectivity index (χ2v) is 5.08. The number of rotatable bonds is 2. The molecule has 2 heterocycles. The number of nitrogens with zero attached hydrogens (tertiary/aromatic N) is 2. The highest BCUT2D eigenvalue weighted by Crippen LogP contribution is 2.36. The molecule has 19 heavy (non-hydrogen) atoms. The number of phenols is 1. The molecular formula is C14H16N2O3. The van der Waals surface area contributed by atoms with Gasteiger partial charge in [-0.1, -0.05) is 17.3 Å². The summed E-state index contributed by atoms with van der Waals surface area (Å²) < 4.78 is 10.9. The minimum absolute atomic E-state index is 0.176. The molecule has 0 amide bonds.